The van der Waals surface area contributed by atoms with Gasteiger partial charge in [0.05, 0.1) is 18.6 Å². The molecule has 0 aliphatic carbocycles. The van der Waals surface area contributed by atoms with Crippen molar-refractivity contribution in [2.75, 3.05) is 24.7 Å². The molecule has 208 valence electrons. The molecule has 0 fully saturated rings. The number of hydrogen-bond acceptors (Lipinski definition) is 5. The lowest BCUT2D eigenvalue weighted by molar-refractivity contribution is 0.322. The minimum Gasteiger partial charge on any atom is -0.396 e. The fourth-order valence-corrected chi connectivity index (χ4v) is 8.80. The first kappa shape index (κ1) is 27.6. The van der Waals surface area contributed by atoms with Gasteiger partial charge >= 0.3 is 0 Å². The first-order valence-corrected chi connectivity index (χ1v) is 16.9. The fourth-order valence-electron chi connectivity index (χ4n) is 6.20. The van der Waals surface area contributed by atoms with Crippen LogP contribution >= 0.6 is 35.3 Å². The first-order chi connectivity index (χ1) is 20.7. The van der Waals surface area contributed by atoms with Crippen LogP contribution in [0.1, 0.15) is 22.3 Å². The summed E-state index contributed by atoms with van der Waals surface area (Å²) in [4.78, 5) is 4.91. The molecular formula is C37H30O2S3. The van der Waals surface area contributed by atoms with Gasteiger partial charge in [-0.1, -0.05) is 84.6 Å². The lowest BCUT2D eigenvalue weighted by atomic mass is 9.64. The SMILES string of the molecule is OCCSc1ccc2cc(C3(c4ccc5cc(SCCO)ccc5c4)c4ccccc4Sc4ccccc43)ccc2c1. The number of aliphatic hydroxyl groups is 2. The molecule has 0 amide bonds. The van der Waals surface area contributed by atoms with E-state index in [4.69, 9.17) is 0 Å². The van der Waals surface area contributed by atoms with Crippen molar-refractivity contribution in [1.82, 2.24) is 0 Å². The van der Waals surface area contributed by atoms with E-state index >= 15 is 0 Å². The molecule has 0 atom stereocenters. The number of hydrogen-bond donors (Lipinski definition) is 2. The van der Waals surface area contributed by atoms with Gasteiger partial charge in [-0.2, -0.15) is 0 Å². The summed E-state index contributed by atoms with van der Waals surface area (Å²) in [5.41, 5.74) is 4.62. The van der Waals surface area contributed by atoms with Gasteiger partial charge < -0.3 is 10.2 Å². The Labute approximate surface area is 259 Å². The highest BCUT2D eigenvalue weighted by Crippen LogP contribution is 2.56. The maximum atomic E-state index is 9.30. The maximum Gasteiger partial charge on any atom is 0.0723 e. The molecule has 2 nitrogen and oxygen atoms in total. The summed E-state index contributed by atoms with van der Waals surface area (Å²) in [6, 6.07) is 44.8. The third-order valence-corrected chi connectivity index (χ3v) is 11.1. The van der Waals surface area contributed by atoms with Crippen LogP contribution in [0.4, 0.5) is 0 Å². The molecule has 1 heterocycles. The molecule has 0 saturated heterocycles. The van der Waals surface area contributed by atoms with Crippen LogP contribution in [0.3, 0.4) is 0 Å². The molecule has 0 radical (unpaired) electrons. The Bertz CT molecular complexity index is 1780. The van der Waals surface area contributed by atoms with Crippen molar-refractivity contribution < 1.29 is 10.2 Å². The first-order valence-electron chi connectivity index (χ1n) is 14.1. The van der Waals surface area contributed by atoms with E-state index in [9.17, 15) is 10.2 Å². The Hall–Kier alpha value is -3.19. The van der Waals surface area contributed by atoms with Crippen molar-refractivity contribution in [3.05, 3.63) is 144 Å². The zero-order valence-corrected chi connectivity index (χ0v) is 25.4. The Kier molecular flexibility index (Phi) is 7.78. The molecule has 2 N–H and O–H groups in total. The predicted molar refractivity (Wildman–Crippen MR) is 180 cm³/mol. The zero-order valence-electron chi connectivity index (χ0n) is 23.0. The van der Waals surface area contributed by atoms with Gasteiger partial charge in [-0.3, -0.25) is 0 Å². The minimum atomic E-state index is -0.491. The second-order valence-corrected chi connectivity index (χ2v) is 13.9. The largest absolute Gasteiger partial charge is 0.396 e. The highest BCUT2D eigenvalue weighted by atomic mass is 32.2. The van der Waals surface area contributed by atoms with E-state index in [1.807, 2.05) is 11.8 Å². The van der Waals surface area contributed by atoms with E-state index in [1.165, 1.54) is 63.4 Å². The Morgan fingerprint density at radius 1 is 0.500 bits per heavy atom. The Morgan fingerprint density at radius 2 is 0.929 bits per heavy atom. The topological polar surface area (TPSA) is 40.5 Å². The monoisotopic (exact) mass is 602 g/mol. The summed E-state index contributed by atoms with van der Waals surface area (Å²) >= 11 is 5.22. The lowest BCUT2D eigenvalue weighted by Gasteiger charge is -2.42. The highest BCUT2D eigenvalue weighted by molar-refractivity contribution is 7.99. The quantitative estimate of drug-likeness (QED) is 0.170. The second kappa shape index (κ2) is 11.8. The van der Waals surface area contributed by atoms with Crippen LogP contribution in [0.25, 0.3) is 21.5 Å². The summed E-state index contributed by atoms with van der Waals surface area (Å²) < 4.78 is 0. The van der Waals surface area contributed by atoms with Crippen molar-refractivity contribution in [3.63, 3.8) is 0 Å². The van der Waals surface area contributed by atoms with E-state index in [1.54, 1.807) is 23.5 Å². The minimum absolute atomic E-state index is 0.176. The fraction of sp³-hybridized carbons (Fsp3) is 0.135. The smallest absolute Gasteiger partial charge is 0.0723 e. The summed E-state index contributed by atoms with van der Waals surface area (Å²) in [6.45, 7) is 0.352. The summed E-state index contributed by atoms with van der Waals surface area (Å²) in [5, 5.41) is 23.4. The van der Waals surface area contributed by atoms with Crippen LogP contribution in [0.5, 0.6) is 0 Å². The molecule has 6 aromatic carbocycles. The third kappa shape index (κ3) is 4.83. The third-order valence-electron chi connectivity index (χ3n) is 8.01. The molecule has 42 heavy (non-hydrogen) atoms. The molecule has 0 bridgehead atoms. The average Bonchev–Trinajstić information content (AvgIpc) is 3.04. The van der Waals surface area contributed by atoms with Crippen LogP contribution in [0.2, 0.25) is 0 Å². The predicted octanol–water partition coefficient (Wildman–Crippen LogP) is 9.01. The van der Waals surface area contributed by atoms with Crippen molar-refractivity contribution in [3.8, 4) is 0 Å². The van der Waals surface area contributed by atoms with Gasteiger partial charge in [0.25, 0.3) is 0 Å². The molecule has 1 aliphatic heterocycles. The van der Waals surface area contributed by atoms with Crippen LogP contribution in [-0.2, 0) is 5.41 Å². The van der Waals surface area contributed by atoms with E-state index < -0.39 is 5.41 Å². The molecule has 0 saturated carbocycles. The average molecular weight is 603 g/mol. The molecule has 0 spiro atoms. The van der Waals surface area contributed by atoms with Crippen LogP contribution in [-0.4, -0.2) is 34.9 Å². The Balaban J connectivity index is 1.48. The van der Waals surface area contributed by atoms with E-state index in [0.29, 0.717) is 11.5 Å². The second-order valence-electron chi connectivity index (χ2n) is 10.4. The van der Waals surface area contributed by atoms with Gasteiger partial charge in [-0.25, -0.2) is 0 Å². The van der Waals surface area contributed by atoms with Crippen LogP contribution < -0.4 is 0 Å². The standard InChI is InChI=1S/C37H30O2S3/c38-17-19-40-31-15-11-25-21-29(13-9-27(25)23-31)37(30-14-10-28-24-32(41-20-18-39)16-12-26(28)22-30)33-5-1-3-7-35(33)42-36-8-4-2-6-34(36)37/h1-16,21-24,38-39H,17-20H2. The highest BCUT2D eigenvalue weighted by Gasteiger charge is 2.44. The van der Waals surface area contributed by atoms with E-state index in [2.05, 4.69) is 121 Å². The molecule has 6 aromatic rings. The van der Waals surface area contributed by atoms with Gasteiger partial charge in [0.15, 0.2) is 0 Å². The molecule has 5 heteroatoms. The van der Waals surface area contributed by atoms with E-state index in [0.717, 1.165) is 0 Å². The molecule has 0 aromatic heterocycles. The maximum absolute atomic E-state index is 9.30. The number of fused-ring (bicyclic) bond motifs is 4. The number of rotatable bonds is 8. The van der Waals surface area contributed by atoms with Gasteiger partial charge in [0.2, 0.25) is 0 Å². The normalized spacial score (nSPS) is 13.7. The van der Waals surface area contributed by atoms with Gasteiger partial charge in [0.1, 0.15) is 0 Å². The molecule has 0 unspecified atom stereocenters. The molecule has 7 rings (SSSR count). The summed E-state index contributed by atoms with van der Waals surface area (Å²) in [6.07, 6.45) is 0. The van der Waals surface area contributed by atoms with Crippen molar-refractivity contribution in [2.45, 2.75) is 25.0 Å². The van der Waals surface area contributed by atoms with Crippen molar-refractivity contribution >= 4 is 56.8 Å². The van der Waals surface area contributed by atoms with Gasteiger partial charge in [-0.05, 0) is 92.3 Å². The number of thioether (sulfide) groups is 2. The Morgan fingerprint density at radius 3 is 1.40 bits per heavy atom. The van der Waals surface area contributed by atoms with Gasteiger partial charge in [0, 0.05) is 31.1 Å². The van der Waals surface area contributed by atoms with Gasteiger partial charge in [-0.15, -0.1) is 23.5 Å². The molecular weight excluding hydrogens is 573 g/mol. The van der Waals surface area contributed by atoms with Crippen LogP contribution in [0, 0.1) is 0 Å². The van der Waals surface area contributed by atoms with Crippen LogP contribution in [0.15, 0.2) is 141 Å². The lowest BCUT2D eigenvalue weighted by Crippen LogP contribution is -2.34. The number of aliphatic hydroxyl groups excluding tert-OH is 2. The van der Waals surface area contributed by atoms with E-state index in [-0.39, 0.29) is 13.2 Å². The number of benzene rings is 6. The van der Waals surface area contributed by atoms with Crippen molar-refractivity contribution in [1.29, 1.82) is 0 Å². The zero-order chi connectivity index (χ0) is 28.5. The van der Waals surface area contributed by atoms with Crippen molar-refractivity contribution in [2.24, 2.45) is 0 Å². The summed E-state index contributed by atoms with van der Waals surface area (Å²) in [7, 11) is 0. The summed E-state index contributed by atoms with van der Waals surface area (Å²) in [5.74, 6) is 1.39. The molecule has 1 aliphatic rings.